The first-order valence-corrected chi connectivity index (χ1v) is 7.04. The van der Waals surface area contributed by atoms with Crippen LogP contribution in [0.3, 0.4) is 0 Å². The molecular formula is C16H12Cl2O4. The van der Waals surface area contributed by atoms with Crippen molar-refractivity contribution in [2.45, 2.75) is 6.92 Å². The molecule has 0 radical (unpaired) electrons. The fourth-order valence-corrected chi connectivity index (χ4v) is 2.20. The van der Waals surface area contributed by atoms with E-state index in [1.807, 2.05) is 0 Å². The number of hydrogen-bond donors (Lipinski definition) is 0. The summed E-state index contributed by atoms with van der Waals surface area (Å²) in [7, 11) is 1.21. The molecule has 0 aliphatic rings. The lowest BCUT2D eigenvalue weighted by molar-refractivity contribution is -0.137. The largest absolute Gasteiger partial charge is 0.465 e. The lowest BCUT2D eigenvalue weighted by Gasteiger charge is -2.02. The van der Waals surface area contributed by atoms with Gasteiger partial charge in [0.05, 0.1) is 12.1 Å². The van der Waals surface area contributed by atoms with Crippen LogP contribution in [0.5, 0.6) is 0 Å². The highest BCUT2D eigenvalue weighted by Crippen LogP contribution is 2.32. The third-order valence-corrected chi connectivity index (χ3v) is 3.46. The van der Waals surface area contributed by atoms with Crippen molar-refractivity contribution in [2.24, 2.45) is 0 Å². The second kappa shape index (κ2) is 6.81. The zero-order valence-electron chi connectivity index (χ0n) is 11.9. The second-order valence-corrected chi connectivity index (χ2v) is 5.28. The van der Waals surface area contributed by atoms with E-state index in [9.17, 15) is 9.59 Å². The minimum atomic E-state index is -0.716. The Hall–Kier alpha value is -2.04. The Labute approximate surface area is 137 Å². The molecule has 1 heterocycles. The molecule has 114 valence electrons. The van der Waals surface area contributed by atoms with Gasteiger partial charge >= 0.3 is 5.97 Å². The molecule has 0 amide bonds. The van der Waals surface area contributed by atoms with E-state index in [1.165, 1.54) is 20.1 Å². The van der Waals surface area contributed by atoms with Crippen molar-refractivity contribution in [2.75, 3.05) is 7.11 Å². The summed E-state index contributed by atoms with van der Waals surface area (Å²) in [4.78, 5) is 23.0. The van der Waals surface area contributed by atoms with Crippen LogP contribution >= 0.6 is 23.2 Å². The molecule has 0 saturated carbocycles. The number of furan rings is 1. The van der Waals surface area contributed by atoms with Gasteiger partial charge in [-0.25, -0.2) is 4.79 Å². The van der Waals surface area contributed by atoms with Crippen LogP contribution in [0.4, 0.5) is 0 Å². The molecule has 22 heavy (non-hydrogen) atoms. The SMILES string of the molecule is COC(=O)C(=Cc1ccc(-c2cc(Cl)ccc2Cl)o1)C(C)=O. The van der Waals surface area contributed by atoms with E-state index >= 15 is 0 Å². The van der Waals surface area contributed by atoms with E-state index in [4.69, 9.17) is 27.6 Å². The molecule has 0 aliphatic heterocycles. The maximum Gasteiger partial charge on any atom is 0.341 e. The summed E-state index contributed by atoms with van der Waals surface area (Å²) in [5.74, 6) is -0.315. The van der Waals surface area contributed by atoms with Crippen LogP contribution in [0, 0.1) is 0 Å². The molecule has 2 aromatic rings. The molecule has 0 bridgehead atoms. The normalized spacial score (nSPS) is 11.4. The molecule has 0 atom stereocenters. The second-order valence-electron chi connectivity index (χ2n) is 4.43. The highest BCUT2D eigenvalue weighted by molar-refractivity contribution is 6.35. The number of methoxy groups -OCH3 is 1. The number of hydrogen-bond acceptors (Lipinski definition) is 4. The average molecular weight is 339 g/mol. The van der Waals surface area contributed by atoms with E-state index in [2.05, 4.69) is 4.74 Å². The number of esters is 1. The molecule has 0 unspecified atom stereocenters. The molecule has 6 heteroatoms. The predicted octanol–water partition coefficient (Wildman–Crippen LogP) is 4.40. The van der Waals surface area contributed by atoms with Crippen molar-refractivity contribution in [3.8, 4) is 11.3 Å². The summed E-state index contributed by atoms with van der Waals surface area (Å²) in [6, 6.07) is 8.30. The minimum Gasteiger partial charge on any atom is -0.465 e. The molecule has 0 N–H and O–H groups in total. The van der Waals surface area contributed by atoms with E-state index in [0.717, 1.165) is 0 Å². The van der Waals surface area contributed by atoms with E-state index in [0.29, 0.717) is 27.1 Å². The molecule has 0 aliphatic carbocycles. The van der Waals surface area contributed by atoms with Crippen molar-refractivity contribution >= 4 is 41.0 Å². The van der Waals surface area contributed by atoms with Gasteiger partial charge in [-0.3, -0.25) is 4.79 Å². The summed E-state index contributed by atoms with van der Waals surface area (Å²) >= 11 is 12.0. The maximum atomic E-state index is 11.5. The van der Waals surface area contributed by atoms with Gasteiger partial charge in [0.25, 0.3) is 0 Å². The molecular weight excluding hydrogens is 327 g/mol. The van der Waals surface area contributed by atoms with E-state index in [-0.39, 0.29) is 5.57 Å². The van der Waals surface area contributed by atoms with Crippen LogP contribution in [0.25, 0.3) is 17.4 Å². The summed E-state index contributed by atoms with van der Waals surface area (Å²) in [6.45, 7) is 1.28. The standard InChI is InChI=1S/C16H12Cl2O4/c1-9(19)12(16(20)21-2)8-11-4-6-15(22-11)13-7-10(17)3-5-14(13)18/h3-8H,1-2H3. The fourth-order valence-electron chi connectivity index (χ4n) is 1.82. The van der Waals surface area contributed by atoms with Gasteiger partial charge in [0.1, 0.15) is 17.1 Å². The van der Waals surface area contributed by atoms with Gasteiger partial charge in [-0.05, 0) is 43.3 Å². The monoisotopic (exact) mass is 338 g/mol. The van der Waals surface area contributed by atoms with Crippen molar-refractivity contribution in [1.82, 2.24) is 0 Å². The van der Waals surface area contributed by atoms with Gasteiger partial charge in [0.15, 0.2) is 5.78 Å². The lowest BCUT2D eigenvalue weighted by Crippen LogP contribution is -2.11. The fraction of sp³-hybridized carbons (Fsp3) is 0.125. The Bertz CT molecular complexity index is 759. The number of carbonyl (C=O) groups excluding carboxylic acids is 2. The summed E-state index contributed by atoms with van der Waals surface area (Å²) < 4.78 is 10.2. The first-order valence-electron chi connectivity index (χ1n) is 6.28. The third-order valence-electron chi connectivity index (χ3n) is 2.89. The maximum absolute atomic E-state index is 11.5. The highest BCUT2D eigenvalue weighted by atomic mass is 35.5. The van der Waals surface area contributed by atoms with Gasteiger partial charge in [0.2, 0.25) is 0 Å². The Morgan fingerprint density at radius 1 is 1.18 bits per heavy atom. The average Bonchev–Trinajstić information content (AvgIpc) is 2.94. The third kappa shape index (κ3) is 3.59. The number of ether oxygens (including phenoxy) is 1. The topological polar surface area (TPSA) is 56.5 Å². The predicted molar refractivity (Wildman–Crippen MR) is 84.8 cm³/mol. The van der Waals surface area contributed by atoms with Crippen molar-refractivity contribution in [3.05, 3.63) is 51.7 Å². The van der Waals surface area contributed by atoms with Crippen LogP contribution in [0.15, 0.2) is 40.3 Å². The van der Waals surface area contributed by atoms with Crippen LogP contribution in [0.1, 0.15) is 12.7 Å². The number of benzene rings is 1. The van der Waals surface area contributed by atoms with Crippen molar-refractivity contribution in [1.29, 1.82) is 0 Å². The Morgan fingerprint density at radius 2 is 1.91 bits per heavy atom. The smallest absolute Gasteiger partial charge is 0.341 e. The lowest BCUT2D eigenvalue weighted by atomic mass is 10.1. The van der Waals surface area contributed by atoms with Crippen molar-refractivity contribution < 1.29 is 18.7 Å². The molecule has 1 aromatic carbocycles. The number of Topliss-reactive ketones (excluding diaryl/α,β-unsaturated/α-hetero) is 1. The van der Waals surface area contributed by atoms with Crippen LogP contribution in [0.2, 0.25) is 10.0 Å². The number of carbonyl (C=O) groups is 2. The number of rotatable bonds is 4. The first kappa shape index (κ1) is 16.3. The molecule has 0 saturated heterocycles. The Kier molecular flexibility index (Phi) is 5.06. The summed E-state index contributed by atoms with van der Waals surface area (Å²) in [6.07, 6.45) is 1.33. The van der Waals surface area contributed by atoms with Gasteiger partial charge in [-0.2, -0.15) is 0 Å². The number of ketones is 1. The summed E-state index contributed by atoms with van der Waals surface area (Å²) in [5.41, 5.74) is 0.525. The Morgan fingerprint density at radius 3 is 2.55 bits per heavy atom. The van der Waals surface area contributed by atoms with Gasteiger partial charge in [-0.15, -0.1) is 0 Å². The first-order chi connectivity index (χ1) is 10.4. The zero-order valence-corrected chi connectivity index (χ0v) is 13.4. The van der Waals surface area contributed by atoms with Crippen molar-refractivity contribution in [3.63, 3.8) is 0 Å². The molecule has 0 spiro atoms. The van der Waals surface area contributed by atoms with E-state index in [1.54, 1.807) is 30.3 Å². The zero-order chi connectivity index (χ0) is 16.3. The van der Waals surface area contributed by atoms with Gasteiger partial charge in [0, 0.05) is 10.6 Å². The van der Waals surface area contributed by atoms with Gasteiger partial charge < -0.3 is 9.15 Å². The van der Waals surface area contributed by atoms with Crippen LogP contribution < -0.4 is 0 Å². The highest BCUT2D eigenvalue weighted by Gasteiger charge is 2.16. The summed E-state index contributed by atoms with van der Waals surface area (Å²) in [5, 5.41) is 1.00. The molecule has 2 rings (SSSR count). The Balaban J connectivity index is 2.41. The van der Waals surface area contributed by atoms with Gasteiger partial charge in [-0.1, -0.05) is 23.2 Å². The molecule has 4 nitrogen and oxygen atoms in total. The van der Waals surface area contributed by atoms with Crippen LogP contribution in [-0.2, 0) is 14.3 Å². The molecule has 1 aromatic heterocycles. The minimum absolute atomic E-state index is 0.0967. The van der Waals surface area contributed by atoms with Crippen LogP contribution in [-0.4, -0.2) is 18.9 Å². The molecule has 0 fully saturated rings. The number of halogens is 2. The quantitative estimate of drug-likeness (QED) is 0.359. The van der Waals surface area contributed by atoms with E-state index < -0.39 is 11.8 Å².